The molecule has 1 aliphatic rings. The predicted octanol–water partition coefficient (Wildman–Crippen LogP) is 2.72. The van der Waals surface area contributed by atoms with E-state index in [9.17, 15) is 4.79 Å². The molecule has 22 heavy (non-hydrogen) atoms. The van der Waals surface area contributed by atoms with Gasteiger partial charge in [-0.2, -0.15) is 5.10 Å². The molecular weight excluding hydrogens is 323 g/mol. The van der Waals surface area contributed by atoms with E-state index in [0.29, 0.717) is 22.8 Å². The molecule has 1 aromatic heterocycles. The zero-order valence-corrected chi connectivity index (χ0v) is 13.5. The predicted molar refractivity (Wildman–Crippen MR) is 89.4 cm³/mol. The maximum Gasteiger partial charge on any atom is 0.257 e. The van der Waals surface area contributed by atoms with Gasteiger partial charge in [-0.15, -0.1) is 12.4 Å². The van der Waals surface area contributed by atoms with Crippen LogP contribution in [0.1, 0.15) is 23.2 Å². The molecule has 0 bridgehead atoms. The normalized spacial score (nSPS) is 17.9. The average Bonchev–Trinajstić information content (AvgIpc) is 2.96. The number of nitrogens with zero attached hydrogens (tertiary/aromatic N) is 2. The molecule has 2 heterocycles. The van der Waals surface area contributed by atoms with Gasteiger partial charge in [0.1, 0.15) is 0 Å². The molecule has 118 valence electrons. The van der Waals surface area contributed by atoms with E-state index in [-0.39, 0.29) is 24.4 Å². The van der Waals surface area contributed by atoms with Crippen molar-refractivity contribution in [2.24, 2.45) is 5.73 Å². The number of H-pyrrole nitrogens is 1. The highest BCUT2D eigenvalue weighted by atomic mass is 35.5. The minimum Gasteiger partial charge on any atom is -0.337 e. The molecular formula is C15H18Cl2N4O. The van der Waals surface area contributed by atoms with Crippen LogP contribution in [0, 0.1) is 0 Å². The lowest BCUT2D eigenvalue weighted by atomic mass is 10.0. The molecule has 0 aliphatic carbocycles. The fraction of sp³-hybridized carbons (Fsp3) is 0.333. The third-order valence-electron chi connectivity index (χ3n) is 3.73. The summed E-state index contributed by atoms with van der Waals surface area (Å²) >= 11 is 6.02. The molecule has 0 radical (unpaired) electrons. The Morgan fingerprint density at radius 1 is 1.45 bits per heavy atom. The minimum absolute atomic E-state index is 0. The van der Waals surface area contributed by atoms with Crippen molar-refractivity contribution >= 4 is 29.9 Å². The number of hydrogen-bond donors (Lipinski definition) is 2. The number of halogens is 2. The molecule has 3 rings (SSSR count). The third kappa shape index (κ3) is 3.43. The number of carbonyl (C=O) groups is 1. The monoisotopic (exact) mass is 340 g/mol. The van der Waals surface area contributed by atoms with E-state index in [4.69, 9.17) is 17.3 Å². The molecule has 2 aromatic rings. The number of rotatable bonds is 2. The Hall–Kier alpha value is -1.56. The summed E-state index contributed by atoms with van der Waals surface area (Å²) in [4.78, 5) is 14.5. The van der Waals surface area contributed by atoms with Crippen LogP contribution in [-0.4, -0.2) is 40.1 Å². The highest BCUT2D eigenvalue weighted by Gasteiger charge is 2.25. The van der Waals surface area contributed by atoms with Gasteiger partial charge in [0.25, 0.3) is 5.91 Å². The maximum atomic E-state index is 12.7. The van der Waals surface area contributed by atoms with Gasteiger partial charge in [0.05, 0.1) is 17.5 Å². The minimum atomic E-state index is -0.0334. The number of carbonyl (C=O) groups excluding carboxylic acids is 1. The summed E-state index contributed by atoms with van der Waals surface area (Å²) in [5.41, 5.74) is 8.06. The Balaban J connectivity index is 0.00000176. The van der Waals surface area contributed by atoms with Crippen LogP contribution in [0.5, 0.6) is 0 Å². The molecule has 5 nitrogen and oxygen atoms in total. The van der Waals surface area contributed by atoms with E-state index >= 15 is 0 Å². The zero-order valence-electron chi connectivity index (χ0n) is 12.0. The number of nitrogens with one attached hydrogen (secondary N) is 1. The van der Waals surface area contributed by atoms with Gasteiger partial charge in [0.15, 0.2) is 0 Å². The summed E-state index contributed by atoms with van der Waals surface area (Å²) in [6.45, 7) is 1.34. The number of aromatic amines is 1. The van der Waals surface area contributed by atoms with E-state index in [0.717, 1.165) is 24.9 Å². The van der Waals surface area contributed by atoms with Crippen molar-refractivity contribution in [1.29, 1.82) is 0 Å². The third-order valence-corrected chi connectivity index (χ3v) is 3.96. The van der Waals surface area contributed by atoms with Crippen molar-refractivity contribution in [3.05, 3.63) is 41.0 Å². The first kappa shape index (κ1) is 16.8. The SMILES string of the molecule is Cl.NC1CCCN(C(=O)c2cn[nH]c2-c2cccc(Cl)c2)C1. The highest BCUT2D eigenvalue weighted by Crippen LogP contribution is 2.25. The molecule has 1 aromatic carbocycles. The van der Waals surface area contributed by atoms with Crippen LogP contribution in [0.2, 0.25) is 5.02 Å². The van der Waals surface area contributed by atoms with Crippen LogP contribution >= 0.6 is 24.0 Å². The van der Waals surface area contributed by atoms with Gasteiger partial charge in [0, 0.05) is 29.7 Å². The van der Waals surface area contributed by atoms with E-state index in [2.05, 4.69) is 10.2 Å². The lowest BCUT2D eigenvalue weighted by Crippen LogP contribution is -2.45. The van der Waals surface area contributed by atoms with Crippen molar-refractivity contribution in [2.45, 2.75) is 18.9 Å². The molecule has 3 N–H and O–H groups in total. The topological polar surface area (TPSA) is 75.0 Å². The van der Waals surface area contributed by atoms with Crippen molar-refractivity contribution in [2.75, 3.05) is 13.1 Å². The van der Waals surface area contributed by atoms with Gasteiger partial charge in [-0.05, 0) is 25.0 Å². The molecule has 7 heteroatoms. The van der Waals surface area contributed by atoms with Crippen LogP contribution in [0.25, 0.3) is 11.3 Å². The molecule has 1 aliphatic heterocycles. The lowest BCUT2D eigenvalue weighted by molar-refractivity contribution is 0.0709. The number of nitrogens with two attached hydrogens (primary N) is 1. The molecule has 1 amide bonds. The van der Waals surface area contributed by atoms with Crippen LogP contribution in [-0.2, 0) is 0 Å². The number of benzene rings is 1. The van der Waals surface area contributed by atoms with Crippen molar-refractivity contribution < 1.29 is 4.79 Å². The van der Waals surface area contributed by atoms with Gasteiger partial charge in [0.2, 0.25) is 0 Å². The molecule has 1 atom stereocenters. The van der Waals surface area contributed by atoms with E-state index in [1.54, 1.807) is 17.2 Å². The summed E-state index contributed by atoms with van der Waals surface area (Å²) < 4.78 is 0. The quantitative estimate of drug-likeness (QED) is 0.882. The number of likely N-dealkylation sites (tertiary alicyclic amines) is 1. The Kier molecular flexibility index (Phi) is 5.45. The van der Waals surface area contributed by atoms with Crippen molar-refractivity contribution in [3.8, 4) is 11.3 Å². The van der Waals surface area contributed by atoms with Crippen LogP contribution < -0.4 is 5.73 Å². The lowest BCUT2D eigenvalue weighted by Gasteiger charge is -2.30. The number of hydrogen-bond acceptors (Lipinski definition) is 3. The van der Waals surface area contributed by atoms with Gasteiger partial charge in [-0.25, -0.2) is 0 Å². The Bertz CT molecular complexity index is 658. The fourth-order valence-electron chi connectivity index (χ4n) is 2.68. The second kappa shape index (κ2) is 7.13. The van der Waals surface area contributed by atoms with Gasteiger partial charge >= 0.3 is 0 Å². The Morgan fingerprint density at radius 3 is 3.00 bits per heavy atom. The summed E-state index contributed by atoms with van der Waals surface area (Å²) in [6, 6.07) is 7.42. The first-order valence-corrected chi connectivity index (χ1v) is 7.37. The smallest absolute Gasteiger partial charge is 0.257 e. The first-order chi connectivity index (χ1) is 10.1. The summed E-state index contributed by atoms with van der Waals surface area (Å²) in [6.07, 6.45) is 3.48. The maximum absolute atomic E-state index is 12.7. The van der Waals surface area contributed by atoms with Crippen LogP contribution in [0.3, 0.4) is 0 Å². The summed E-state index contributed by atoms with van der Waals surface area (Å²) in [7, 11) is 0. The highest BCUT2D eigenvalue weighted by molar-refractivity contribution is 6.30. The number of aromatic nitrogens is 2. The van der Waals surface area contributed by atoms with E-state index in [1.165, 1.54) is 0 Å². The number of piperidine rings is 1. The van der Waals surface area contributed by atoms with Gasteiger partial charge < -0.3 is 10.6 Å². The standard InChI is InChI=1S/C15H17ClN4O.ClH/c16-11-4-1-3-10(7-11)14-13(8-18-19-14)15(21)20-6-2-5-12(17)9-20;/h1,3-4,7-8,12H,2,5-6,9,17H2,(H,18,19);1H. The Labute approximate surface area is 140 Å². The van der Waals surface area contributed by atoms with Crippen molar-refractivity contribution in [3.63, 3.8) is 0 Å². The second-order valence-corrected chi connectivity index (χ2v) is 5.76. The first-order valence-electron chi connectivity index (χ1n) is 6.99. The van der Waals surface area contributed by atoms with Crippen LogP contribution in [0.4, 0.5) is 0 Å². The summed E-state index contributed by atoms with van der Waals surface area (Å²) in [5, 5.41) is 7.53. The van der Waals surface area contributed by atoms with Crippen molar-refractivity contribution in [1.82, 2.24) is 15.1 Å². The van der Waals surface area contributed by atoms with E-state index in [1.807, 2.05) is 18.2 Å². The second-order valence-electron chi connectivity index (χ2n) is 5.32. The largest absolute Gasteiger partial charge is 0.337 e. The zero-order chi connectivity index (χ0) is 14.8. The molecule has 1 unspecified atom stereocenters. The fourth-order valence-corrected chi connectivity index (χ4v) is 2.87. The van der Waals surface area contributed by atoms with Gasteiger partial charge in [-0.3, -0.25) is 9.89 Å². The molecule has 0 saturated carbocycles. The average molecular weight is 341 g/mol. The molecule has 0 spiro atoms. The summed E-state index contributed by atoms with van der Waals surface area (Å²) in [5.74, 6) is -0.0334. The molecule has 1 fully saturated rings. The molecule has 1 saturated heterocycles. The van der Waals surface area contributed by atoms with E-state index < -0.39 is 0 Å². The van der Waals surface area contributed by atoms with Crippen LogP contribution in [0.15, 0.2) is 30.5 Å². The number of amides is 1. The Morgan fingerprint density at radius 2 is 2.27 bits per heavy atom. The van der Waals surface area contributed by atoms with Gasteiger partial charge in [-0.1, -0.05) is 23.7 Å².